The summed E-state index contributed by atoms with van der Waals surface area (Å²) in [4.78, 5) is 11.4. The first kappa shape index (κ1) is 15.1. The number of amides is 1. The number of hydrogen-bond donors (Lipinski definition) is 2. The molecule has 0 bridgehead atoms. The third-order valence-electron chi connectivity index (χ3n) is 4.14. The number of hydrogen-bond acceptors (Lipinski definition) is 4. The standard InChI is InChI=1S/C15H24N2O3/c1-10-11(8-13(20-10)14(18)17-16)9-19-12-4-6-15(2,3)7-5-12/h8,12H,4-7,9,16H2,1-3H3,(H,17,18). The van der Waals surface area contributed by atoms with Gasteiger partial charge in [-0.25, -0.2) is 5.84 Å². The Kier molecular flexibility index (Phi) is 4.50. The lowest BCUT2D eigenvalue weighted by Gasteiger charge is -2.34. The first-order valence-electron chi connectivity index (χ1n) is 7.13. The van der Waals surface area contributed by atoms with Gasteiger partial charge in [-0.2, -0.15) is 0 Å². The van der Waals surface area contributed by atoms with Gasteiger partial charge in [0, 0.05) is 5.56 Å². The Morgan fingerprint density at radius 2 is 2.15 bits per heavy atom. The van der Waals surface area contributed by atoms with Gasteiger partial charge in [-0.3, -0.25) is 10.2 Å². The molecule has 5 heteroatoms. The fourth-order valence-corrected chi connectivity index (χ4v) is 2.59. The van der Waals surface area contributed by atoms with Crippen molar-refractivity contribution < 1.29 is 13.9 Å². The van der Waals surface area contributed by atoms with E-state index in [4.69, 9.17) is 15.0 Å². The average Bonchev–Trinajstić information content (AvgIpc) is 2.78. The molecular weight excluding hydrogens is 256 g/mol. The fraction of sp³-hybridized carbons (Fsp3) is 0.667. The molecule has 1 heterocycles. The van der Waals surface area contributed by atoms with E-state index in [2.05, 4.69) is 19.3 Å². The molecule has 1 aromatic heterocycles. The Balaban J connectivity index is 1.88. The van der Waals surface area contributed by atoms with Crippen molar-refractivity contribution in [2.75, 3.05) is 0 Å². The van der Waals surface area contributed by atoms with Gasteiger partial charge in [-0.1, -0.05) is 13.8 Å². The number of ether oxygens (including phenoxy) is 1. The Morgan fingerprint density at radius 3 is 2.75 bits per heavy atom. The molecule has 3 N–H and O–H groups in total. The highest BCUT2D eigenvalue weighted by Crippen LogP contribution is 2.36. The van der Waals surface area contributed by atoms with Crippen LogP contribution in [-0.4, -0.2) is 12.0 Å². The van der Waals surface area contributed by atoms with Gasteiger partial charge in [0.15, 0.2) is 5.76 Å². The molecule has 1 fully saturated rings. The van der Waals surface area contributed by atoms with E-state index >= 15 is 0 Å². The van der Waals surface area contributed by atoms with Crippen molar-refractivity contribution in [3.63, 3.8) is 0 Å². The van der Waals surface area contributed by atoms with E-state index in [0.29, 0.717) is 23.9 Å². The molecular formula is C15H24N2O3. The number of carbonyl (C=O) groups is 1. The molecule has 0 atom stereocenters. The molecule has 1 aliphatic rings. The van der Waals surface area contributed by atoms with E-state index in [-0.39, 0.29) is 5.76 Å². The molecule has 0 spiro atoms. The van der Waals surface area contributed by atoms with Gasteiger partial charge in [0.25, 0.3) is 0 Å². The molecule has 5 nitrogen and oxygen atoms in total. The van der Waals surface area contributed by atoms with Crippen LogP contribution in [0.5, 0.6) is 0 Å². The van der Waals surface area contributed by atoms with Gasteiger partial charge >= 0.3 is 5.91 Å². The van der Waals surface area contributed by atoms with Crippen LogP contribution in [0.2, 0.25) is 0 Å². The van der Waals surface area contributed by atoms with Crippen LogP contribution in [0, 0.1) is 12.3 Å². The van der Waals surface area contributed by atoms with Crippen molar-refractivity contribution in [2.24, 2.45) is 11.3 Å². The zero-order valence-electron chi connectivity index (χ0n) is 12.5. The van der Waals surface area contributed by atoms with Gasteiger partial charge in [0.1, 0.15) is 5.76 Å². The smallest absolute Gasteiger partial charge is 0.300 e. The minimum atomic E-state index is -0.418. The highest BCUT2D eigenvalue weighted by atomic mass is 16.5. The monoisotopic (exact) mass is 280 g/mol. The maximum atomic E-state index is 11.4. The number of carbonyl (C=O) groups excluding carboxylic acids is 1. The van der Waals surface area contributed by atoms with Gasteiger partial charge in [-0.15, -0.1) is 0 Å². The summed E-state index contributed by atoms with van der Waals surface area (Å²) < 4.78 is 11.3. The first-order chi connectivity index (χ1) is 9.41. The van der Waals surface area contributed by atoms with E-state index in [9.17, 15) is 4.79 Å². The van der Waals surface area contributed by atoms with E-state index in [1.54, 1.807) is 6.07 Å². The lowest BCUT2D eigenvalue weighted by Crippen LogP contribution is -2.29. The number of furan rings is 1. The van der Waals surface area contributed by atoms with Crippen molar-refractivity contribution >= 4 is 5.91 Å². The predicted octanol–water partition coefficient (Wildman–Crippen LogP) is 2.68. The summed E-state index contributed by atoms with van der Waals surface area (Å²) in [5, 5.41) is 0. The summed E-state index contributed by atoms with van der Waals surface area (Å²) in [6, 6.07) is 1.70. The zero-order chi connectivity index (χ0) is 14.8. The highest BCUT2D eigenvalue weighted by molar-refractivity contribution is 5.91. The number of nitrogens with two attached hydrogens (primary N) is 1. The minimum Gasteiger partial charge on any atom is -0.456 e. The second-order valence-corrected chi connectivity index (χ2v) is 6.34. The summed E-state index contributed by atoms with van der Waals surface area (Å²) in [5.41, 5.74) is 3.42. The molecule has 1 aromatic rings. The molecule has 2 rings (SSSR count). The summed E-state index contributed by atoms with van der Waals surface area (Å²) in [7, 11) is 0. The van der Waals surface area contributed by atoms with Crippen LogP contribution in [0.15, 0.2) is 10.5 Å². The number of nitrogen functional groups attached to an aromatic ring is 1. The first-order valence-corrected chi connectivity index (χ1v) is 7.13. The second-order valence-electron chi connectivity index (χ2n) is 6.34. The maximum absolute atomic E-state index is 11.4. The van der Waals surface area contributed by atoms with Crippen LogP contribution in [0.1, 0.15) is 61.4 Å². The van der Waals surface area contributed by atoms with Crippen molar-refractivity contribution in [2.45, 2.75) is 59.2 Å². The molecule has 0 saturated heterocycles. The molecule has 0 radical (unpaired) electrons. The predicted molar refractivity (Wildman–Crippen MR) is 75.9 cm³/mol. The average molecular weight is 280 g/mol. The van der Waals surface area contributed by atoms with Gasteiger partial charge in [0.05, 0.1) is 12.7 Å². The Morgan fingerprint density at radius 1 is 1.50 bits per heavy atom. The molecule has 20 heavy (non-hydrogen) atoms. The largest absolute Gasteiger partial charge is 0.456 e. The molecule has 1 saturated carbocycles. The summed E-state index contributed by atoms with van der Waals surface area (Å²) in [5.74, 6) is 5.61. The Bertz CT molecular complexity index is 469. The maximum Gasteiger partial charge on any atom is 0.300 e. The van der Waals surface area contributed by atoms with Crippen molar-refractivity contribution in [1.29, 1.82) is 0 Å². The number of nitrogens with one attached hydrogen (secondary N) is 1. The van der Waals surface area contributed by atoms with E-state index in [0.717, 1.165) is 18.4 Å². The summed E-state index contributed by atoms with van der Waals surface area (Å²) in [6.07, 6.45) is 4.90. The zero-order valence-corrected chi connectivity index (χ0v) is 12.5. The van der Waals surface area contributed by atoms with Gasteiger partial charge in [0.2, 0.25) is 0 Å². The second kappa shape index (κ2) is 5.97. The Labute approximate surface area is 119 Å². The number of aryl methyl sites for hydroxylation is 1. The van der Waals surface area contributed by atoms with Crippen LogP contribution in [-0.2, 0) is 11.3 Å². The summed E-state index contributed by atoms with van der Waals surface area (Å²) in [6.45, 7) is 6.93. The van der Waals surface area contributed by atoms with Gasteiger partial charge in [-0.05, 0) is 44.1 Å². The van der Waals surface area contributed by atoms with Crippen molar-refractivity contribution in [1.82, 2.24) is 5.43 Å². The normalized spacial score (nSPS) is 19.0. The van der Waals surface area contributed by atoms with Crippen LogP contribution < -0.4 is 11.3 Å². The van der Waals surface area contributed by atoms with Crippen LogP contribution in [0.25, 0.3) is 0 Å². The van der Waals surface area contributed by atoms with E-state index in [1.807, 2.05) is 6.92 Å². The molecule has 1 aliphatic carbocycles. The third-order valence-corrected chi connectivity index (χ3v) is 4.14. The number of rotatable bonds is 4. The van der Waals surface area contributed by atoms with Crippen LogP contribution in [0.4, 0.5) is 0 Å². The lowest BCUT2D eigenvalue weighted by atomic mass is 9.76. The number of hydrazine groups is 1. The third kappa shape index (κ3) is 3.61. The molecule has 0 aromatic carbocycles. The highest BCUT2D eigenvalue weighted by Gasteiger charge is 2.27. The van der Waals surface area contributed by atoms with E-state index < -0.39 is 5.91 Å². The quantitative estimate of drug-likeness (QED) is 0.505. The Hall–Kier alpha value is -1.33. The van der Waals surface area contributed by atoms with Crippen LogP contribution in [0.3, 0.4) is 0 Å². The van der Waals surface area contributed by atoms with Crippen molar-refractivity contribution in [3.8, 4) is 0 Å². The summed E-state index contributed by atoms with van der Waals surface area (Å²) >= 11 is 0. The van der Waals surface area contributed by atoms with Crippen molar-refractivity contribution in [3.05, 3.63) is 23.2 Å². The topological polar surface area (TPSA) is 77.5 Å². The fourth-order valence-electron chi connectivity index (χ4n) is 2.59. The molecule has 0 unspecified atom stereocenters. The van der Waals surface area contributed by atoms with E-state index in [1.165, 1.54) is 12.8 Å². The molecule has 0 aliphatic heterocycles. The molecule has 1 amide bonds. The lowest BCUT2D eigenvalue weighted by molar-refractivity contribution is -0.00598. The minimum absolute atomic E-state index is 0.230. The van der Waals surface area contributed by atoms with Gasteiger partial charge < -0.3 is 9.15 Å². The SMILES string of the molecule is Cc1oc(C(=O)NN)cc1COC1CCC(C)(C)CC1. The molecule has 112 valence electrons. The van der Waals surface area contributed by atoms with Crippen LogP contribution >= 0.6 is 0 Å².